The van der Waals surface area contributed by atoms with Gasteiger partial charge in [0.1, 0.15) is 0 Å². The van der Waals surface area contributed by atoms with Gasteiger partial charge in [0, 0.05) is 36.7 Å². The van der Waals surface area contributed by atoms with E-state index in [1.807, 2.05) is 0 Å². The van der Waals surface area contributed by atoms with Crippen LogP contribution in [0.2, 0.25) is 0 Å². The van der Waals surface area contributed by atoms with Crippen molar-refractivity contribution in [1.82, 2.24) is 9.88 Å². The standard InChI is InChI=1S/C13H16N2/c1-9-7-14-13(9)11-8-15(2)12-6-4-3-5-10(11)12/h3-6,8-9,13-14H,7H2,1-2H3. The molecule has 0 saturated carbocycles. The lowest BCUT2D eigenvalue weighted by atomic mass is 9.87. The fourth-order valence-electron chi connectivity index (χ4n) is 2.51. The van der Waals surface area contributed by atoms with Crippen molar-refractivity contribution in [3.63, 3.8) is 0 Å². The van der Waals surface area contributed by atoms with Gasteiger partial charge in [-0.3, -0.25) is 0 Å². The minimum atomic E-state index is 0.552. The Morgan fingerprint density at radius 1 is 1.33 bits per heavy atom. The molecule has 3 rings (SSSR count). The summed E-state index contributed by atoms with van der Waals surface area (Å²) in [6, 6.07) is 9.18. The van der Waals surface area contributed by atoms with E-state index >= 15 is 0 Å². The Labute approximate surface area is 89.9 Å². The highest BCUT2D eigenvalue weighted by Gasteiger charge is 2.29. The van der Waals surface area contributed by atoms with Gasteiger partial charge in [-0.1, -0.05) is 25.1 Å². The summed E-state index contributed by atoms with van der Waals surface area (Å²) in [6.45, 7) is 3.46. The van der Waals surface area contributed by atoms with Gasteiger partial charge in [-0.15, -0.1) is 0 Å². The number of aromatic nitrogens is 1. The molecule has 1 N–H and O–H groups in total. The minimum absolute atomic E-state index is 0.552. The minimum Gasteiger partial charge on any atom is -0.350 e. The average Bonchev–Trinajstić information content (AvgIpc) is 2.55. The Kier molecular flexibility index (Phi) is 1.86. The third-order valence-electron chi connectivity index (χ3n) is 3.49. The molecule has 0 aliphatic carbocycles. The van der Waals surface area contributed by atoms with Crippen molar-refractivity contribution < 1.29 is 0 Å². The highest BCUT2D eigenvalue weighted by Crippen LogP contribution is 2.34. The van der Waals surface area contributed by atoms with Crippen LogP contribution in [0.1, 0.15) is 18.5 Å². The number of hydrogen-bond donors (Lipinski definition) is 1. The molecule has 1 saturated heterocycles. The van der Waals surface area contributed by atoms with Crippen molar-refractivity contribution in [3.8, 4) is 0 Å². The van der Waals surface area contributed by atoms with Crippen molar-refractivity contribution in [2.45, 2.75) is 13.0 Å². The summed E-state index contributed by atoms with van der Waals surface area (Å²) in [5.41, 5.74) is 2.78. The smallest absolute Gasteiger partial charge is 0.0481 e. The lowest BCUT2D eigenvalue weighted by molar-refractivity contribution is 0.260. The van der Waals surface area contributed by atoms with Crippen LogP contribution in [0, 0.1) is 5.92 Å². The molecule has 78 valence electrons. The summed E-state index contributed by atoms with van der Waals surface area (Å²) < 4.78 is 2.22. The molecule has 1 aliphatic rings. The molecular formula is C13H16N2. The Bertz CT molecular complexity index is 498. The van der Waals surface area contributed by atoms with Gasteiger partial charge in [0.2, 0.25) is 0 Å². The third kappa shape index (κ3) is 1.21. The number of hydrogen-bond acceptors (Lipinski definition) is 1. The molecule has 2 heterocycles. The number of nitrogens with one attached hydrogen (secondary N) is 1. The van der Waals surface area contributed by atoms with Crippen molar-refractivity contribution in [1.29, 1.82) is 0 Å². The quantitative estimate of drug-likeness (QED) is 0.748. The van der Waals surface area contributed by atoms with Crippen molar-refractivity contribution >= 4 is 10.9 Å². The molecule has 2 nitrogen and oxygen atoms in total. The van der Waals surface area contributed by atoms with E-state index in [0.29, 0.717) is 6.04 Å². The first-order chi connectivity index (χ1) is 7.27. The molecule has 2 heteroatoms. The van der Waals surface area contributed by atoms with Crippen LogP contribution in [0.15, 0.2) is 30.5 Å². The highest BCUT2D eigenvalue weighted by molar-refractivity contribution is 5.84. The van der Waals surface area contributed by atoms with E-state index in [-0.39, 0.29) is 0 Å². The van der Waals surface area contributed by atoms with Crippen LogP contribution in [0.4, 0.5) is 0 Å². The van der Waals surface area contributed by atoms with E-state index in [1.54, 1.807) is 0 Å². The summed E-state index contributed by atoms with van der Waals surface area (Å²) in [5, 5.41) is 4.90. The molecule has 0 radical (unpaired) electrons. The summed E-state index contributed by atoms with van der Waals surface area (Å²) in [6.07, 6.45) is 2.26. The number of nitrogens with zero attached hydrogens (tertiary/aromatic N) is 1. The van der Waals surface area contributed by atoms with Crippen LogP contribution in [0.25, 0.3) is 10.9 Å². The maximum atomic E-state index is 3.50. The summed E-state index contributed by atoms with van der Waals surface area (Å²) in [4.78, 5) is 0. The van der Waals surface area contributed by atoms with Crippen LogP contribution in [0.5, 0.6) is 0 Å². The van der Waals surface area contributed by atoms with Crippen molar-refractivity contribution in [2.24, 2.45) is 13.0 Å². The third-order valence-corrected chi connectivity index (χ3v) is 3.49. The van der Waals surface area contributed by atoms with Gasteiger partial charge < -0.3 is 9.88 Å². The number of rotatable bonds is 1. The highest BCUT2D eigenvalue weighted by atomic mass is 15.0. The fourth-order valence-corrected chi connectivity index (χ4v) is 2.51. The molecule has 2 aromatic rings. The first-order valence-corrected chi connectivity index (χ1v) is 5.54. The Morgan fingerprint density at radius 3 is 2.80 bits per heavy atom. The van der Waals surface area contributed by atoms with Crippen LogP contribution in [0.3, 0.4) is 0 Å². The predicted octanol–water partition coefficient (Wildman–Crippen LogP) is 2.46. The fraction of sp³-hybridized carbons (Fsp3) is 0.385. The first kappa shape index (κ1) is 8.98. The molecule has 0 spiro atoms. The molecule has 1 aromatic carbocycles. The molecular weight excluding hydrogens is 184 g/mol. The zero-order valence-electron chi connectivity index (χ0n) is 9.20. The van der Waals surface area contributed by atoms with E-state index in [1.165, 1.54) is 16.5 Å². The topological polar surface area (TPSA) is 17.0 Å². The second kappa shape index (κ2) is 3.11. The number of aryl methyl sites for hydroxylation is 1. The second-order valence-electron chi connectivity index (χ2n) is 4.58. The van der Waals surface area contributed by atoms with E-state index < -0.39 is 0 Å². The molecule has 2 unspecified atom stereocenters. The first-order valence-electron chi connectivity index (χ1n) is 5.54. The lowest BCUT2D eigenvalue weighted by Gasteiger charge is -2.35. The van der Waals surface area contributed by atoms with E-state index in [9.17, 15) is 0 Å². The number of para-hydroxylation sites is 1. The van der Waals surface area contributed by atoms with Gasteiger partial charge in [0.15, 0.2) is 0 Å². The van der Waals surface area contributed by atoms with Crippen LogP contribution in [-0.2, 0) is 7.05 Å². The number of benzene rings is 1. The molecule has 0 amide bonds. The largest absolute Gasteiger partial charge is 0.350 e. The van der Waals surface area contributed by atoms with Gasteiger partial charge >= 0.3 is 0 Å². The number of fused-ring (bicyclic) bond motifs is 1. The Balaban J connectivity index is 2.18. The van der Waals surface area contributed by atoms with E-state index in [4.69, 9.17) is 0 Å². The molecule has 15 heavy (non-hydrogen) atoms. The van der Waals surface area contributed by atoms with Crippen molar-refractivity contribution in [3.05, 3.63) is 36.0 Å². The summed E-state index contributed by atoms with van der Waals surface area (Å²) in [7, 11) is 2.12. The van der Waals surface area contributed by atoms with Gasteiger partial charge in [-0.25, -0.2) is 0 Å². The molecule has 1 aromatic heterocycles. The maximum absolute atomic E-state index is 3.50. The summed E-state index contributed by atoms with van der Waals surface area (Å²) >= 11 is 0. The van der Waals surface area contributed by atoms with E-state index in [2.05, 4.69) is 54.3 Å². The van der Waals surface area contributed by atoms with Crippen LogP contribution in [-0.4, -0.2) is 11.1 Å². The van der Waals surface area contributed by atoms with Crippen LogP contribution < -0.4 is 5.32 Å². The SMILES string of the molecule is CC1CNC1c1cn(C)c2ccccc12. The predicted molar refractivity (Wildman–Crippen MR) is 62.8 cm³/mol. The molecule has 2 atom stereocenters. The Morgan fingerprint density at radius 2 is 2.13 bits per heavy atom. The van der Waals surface area contributed by atoms with Gasteiger partial charge in [0.25, 0.3) is 0 Å². The molecule has 1 fully saturated rings. The zero-order chi connectivity index (χ0) is 10.4. The lowest BCUT2D eigenvalue weighted by Crippen LogP contribution is -2.43. The normalized spacial score (nSPS) is 25.5. The van der Waals surface area contributed by atoms with Crippen molar-refractivity contribution in [2.75, 3.05) is 6.54 Å². The molecule has 0 bridgehead atoms. The van der Waals surface area contributed by atoms with Gasteiger partial charge in [-0.05, 0) is 17.5 Å². The van der Waals surface area contributed by atoms with Gasteiger partial charge in [0.05, 0.1) is 0 Å². The second-order valence-corrected chi connectivity index (χ2v) is 4.58. The average molecular weight is 200 g/mol. The monoisotopic (exact) mass is 200 g/mol. The zero-order valence-corrected chi connectivity index (χ0v) is 9.20. The van der Waals surface area contributed by atoms with Crippen LogP contribution >= 0.6 is 0 Å². The summed E-state index contributed by atoms with van der Waals surface area (Å²) in [5.74, 6) is 0.760. The Hall–Kier alpha value is -1.28. The molecule has 1 aliphatic heterocycles. The maximum Gasteiger partial charge on any atom is 0.0481 e. The van der Waals surface area contributed by atoms with Gasteiger partial charge in [-0.2, -0.15) is 0 Å². The van der Waals surface area contributed by atoms with E-state index in [0.717, 1.165) is 12.5 Å².